The second-order valence-corrected chi connectivity index (χ2v) is 4.65. The van der Waals surface area contributed by atoms with Crippen molar-refractivity contribution >= 4 is 0 Å². The highest BCUT2D eigenvalue weighted by atomic mass is 15.1. The van der Waals surface area contributed by atoms with Crippen molar-refractivity contribution in [1.82, 2.24) is 10.2 Å². The van der Waals surface area contributed by atoms with Crippen LogP contribution in [0.25, 0.3) is 0 Å². The molecule has 0 spiro atoms. The van der Waals surface area contributed by atoms with Gasteiger partial charge in [0.1, 0.15) is 0 Å². The minimum atomic E-state index is 0.980. The molecule has 1 aliphatic carbocycles. The average molecular weight is 182 g/mol. The van der Waals surface area contributed by atoms with Gasteiger partial charge in [0.2, 0.25) is 0 Å². The molecule has 0 aromatic heterocycles. The summed E-state index contributed by atoms with van der Waals surface area (Å²) in [5, 5.41) is 3.34. The molecule has 0 unspecified atom stereocenters. The lowest BCUT2D eigenvalue weighted by Gasteiger charge is -2.30. The van der Waals surface area contributed by atoms with Crippen LogP contribution in [0.4, 0.5) is 0 Å². The molecule has 13 heavy (non-hydrogen) atoms. The molecule has 0 amide bonds. The van der Waals surface area contributed by atoms with Crippen molar-refractivity contribution in [3.63, 3.8) is 0 Å². The largest absolute Gasteiger partial charge is 0.316 e. The lowest BCUT2D eigenvalue weighted by molar-refractivity contribution is 0.227. The van der Waals surface area contributed by atoms with E-state index in [1.807, 2.05) is 0 Å². The first-order valence-electron chi connectivity index (χ1n) is 5.81. The van der Waals surface area contributed by atoms with Gasteiger partial charge in [-0.05, 0) is 57.3 Å². The first-order chi connectivity index (χ1) is 6.38. The zero-order chi connectivity index (χ0) is 9.10. The Balaban J connectivity index is 1.58. The Hall–Kier alpha value is -0.0800. The second-order valence-electron chi connectivity index (χ2n) is 4.65. The second kappa shape index (κ2) is 4.43. The molecule has 1 heterocycles. The Bertz CT molecular complexity index is 150. The molecular weight excluding hydrogens is 160 g/mol. The van der Waals surface area contributed by atoms with Crippen LogP contribution in [-0.2, 0) is 0 Å². The van der Waals surface area contributed by atoms with Crippen molar-refractivity contribution in [2.75, 3.05) is 32.7 Å². The molecule has 1 N–H and O–H groups in total. The summed E-state index contributed by atoms with van der Waals surface area (Å²) < 4.78 is 0. The average Bonchev–Trinajstić information content (AvgIpc) is 2.83. The SMILES string of the molecule is CCN(CCC1CNC1)CC1CC1. The zero-order valence-electron chi connectivity index (χ0n) is 8.76. The lowest BCUT2D eigenvalue weighted by atomic mass is 9.99. The van der Waals surface area contributed by atoms with E-state index in [2.05, 4.69) is 17.1 Å². The van der Waals surface area contributed by atoms with E-state index in [9.17, 15) is 0 Å². The molecule has 2 nitrogen and oxygen atoms in total. The van der Waals surface area contributed by atoms with E-state index in [1.165, 1.54) is 52.0 Å². The van der Waals surface area contributed by atoms with E-state index in [0.717, 1.165) is 11.8 Å². The van der Waals surface area contributed by atoms with Gasteiger partial charge in [0, 0.05) is 6.54 Å². The summed E-state index contributed by atoms with van der Waals surface area (Å²) in [5.74, 6) is 2.03. The Morgan fingerprint density at radius 2 is 2.00 bits per heavy atom. The van der Waals surface area contributed by atoms with Crippen LogP contribution in [0.3, 0.4) is 0 Å². The summed E-state index contributed by atoms with van der Waals surface area (Å²) >= 11 is 0. The maximum Gasteiger partial charge on any atom is 0.000954 e. The Labute approximate surface area is 81.7 Å². The number of hydrogen-bond donors (Lipinski definition) is 1. The topological polar surface area (TPSA) is 15.3 Å². The third kappa shape index (κ3) is 2.96. The van der Waals surface area contributed by atoms with Crippen molar-refractivity contribution in [1.29, 1.82) is 0 Å². The molecule has 1 saturated heterocycles. The van der Waals surface area contributed by atoms with Crippen LogP contribution in [0.5, 0.6) is 0 Å². The van der Waals surface area contributed by atoms with Crippen LogP contribution in [0, 0.1) is 11.8 Å². The third-order valence-electron chi connectivity index (χ3n) is 3.38. The van der Waals surface area contributed by atoms with Crippen molar-refractivity contribution in [3.05, 3.63) is 0 Å². The number of nitrogens with zero attached hydrogens (tertiary/aromatic N) is 1. The molecule has 0 atom stereocenters. The first-order valence-corrected chi connectivity index (χ1v) is 5.81. The van der Waals surface area contributed by atoms with E-state index in [0.29, 0.717) is 0 Å². The predicted octanol–water partition coefficient (Wildman–Crippen LogP) is 1.33. The van der Waals surface area contributed by atoms with Gasteiger partial charge in [-0.3, -0.25) is 0 Å². The molecule has 0 radical (unpaired) electrons. The summed E-state index contributed by atoms with van der Waals surface area (Å²) in [6.07, 6.45) is 4.39. The van der Waals surface area contributed by atoms with E-state index in [1.54, 1.807) is 0 Å². The lowest BCUT2D eigenvalue weighted by Crippen LogP contribution is -2.43. The van der Waals surface area contributed by atoms with Crippen LogP contribution < -0.4 is 5.32 Å². The number of hydrogen-bond acceptors (Lipinski definition) is 2. The van der Waals surface area contributed by atoms with Crippen LogP contribution in [0.1, 0.15) is 26.2 Å². The Kier molecular flexibility index (Phi) is 3.23. The van der Waals surface area contributed by atoms with Gasteiger partial charge in [-0.2, -0.15) is 0 Å². The zero-order valence-corrected chi connectivity index (χ0v) is 8.76. The third-order valence-corrected chi connectivity index (χ3v) is 3.38. The molecule has 2 aliphatic rings. The predicted molar refractivity (Wildman–Crippen MR) is 55.8 cm³/mol. The van der Waals surface area contributed by atoms with Crippen molar-refractivity contribution in [2.24, 2.45) is 11.8 Å². The standard InChI is InChI=1S/C11H22N2/c1-2-13(9-10-3-4-10)6-5-11-7-12-8-11/h10-12H,2-9H2,1H3. The molecule has 2 rings (SSSR count). The van der Waals surface area contributed by atoms with Gasteiger partial charge in [0.05, 0.1) is 0 Å². The van der Waals surface area contributed by atoms with Crippen LogP contribution in [0.2, 0.25) is 0 Å². The smallest absolute Gasteiger partial charge is 0.000954 e. The van der Waals surface area contributed by atoms with Crippen molar-refractivity contribution in [3.8, 4) is 0 Å². The van der Waals surface area contributed by atoms with E-state index in [-0.39, 0.29) is 0 Å². The minimum absolute atomic E-state index is 0.980. The van der Waals surface area contributed by atoms with Crippen molar-refractivity contribution < 1.29 is 0 Å². The van der Waals surface area contributed by atoms with Gasteiger partial charge in [0.15, 0.2) is 0 Å². The monoisotopic (exact) mass is 182 g/mol. The number of nitrogens with one attached hydrogen (secondary N) is 1. The molecular formula is C11H22N2. The van der Waals surface area contributed by atoms with E-state index < -0.39 is 0 Å². The minimum Gasteiger partial charge on any atom is -0.316 e. The van der Waals surface area contributed by atoms with Gasteiger partial charge in [-0.1, -0.05) is 6.92 Å². The highest BCUT2D eigenvalue weighted by molar-refractivity contribution is 4.79. The van der Waals surface area contributed by atoms with Gasteiger partial charge < -0.3 is 10.2 Å². The maximum atomic E-state index is 3.34. The summed E-state index contributed by atoms with van der Waals surface area (Å²) in [4.78, 5) is 2.63. The summed E-state index contributed by atoms with van der Waals surface area (Å²) in [6, 6.07) is 0. The Morgan fingerprint density at radius 1 is 1.23 bits per heavy atom. The fourth-order valence-electron chi connectivity index (χ4n) is 1.96. The molecule has 1 saturated carbocycles. The fourth-order valence-corrected chi connectivity index (χ4v) is 1.96. The Morgan fingerprint density at radius 3 is 2.46 bits per heavy atom. The highest BCUT2D eigenvalue weighted by Crippen LogP contribution is 2.29. The van der Waals surface area contributed by atoms with Gasteiger partial charge in [-0.15, -0.1) is 0 Å². The van der Waals surface area contributed by atoms with Crippen molar-refractivity contribution in [2.45, 2.75) is 26.2 Å². The summed E-state index contributed by atoms with van der Waals surface area (Å²) in [7, 11) is 0. The summed E-state index contributed by atoms with van der Waals surface area (Å²) in [6.45, 7) is 8.77. The quantitative estimate of drug-likeness (QED) is 0.666. The van der Waals surface area contributed by atoms with Crippen LogP contribution in [-0.4, -0.2) is 37.6 Å². The van der Waals surface area contributed by atoms with Gasteiger partial charge >= 0.3 is 0 Å². The molecule has 2 heteroatoms. The molecule has 0 bridgehead atoms. The van der Waals surface area contributed by atoms with E-state index >= 15 is 0 Å². The normalized spacial score (nSPS) is 23.5. The summed E-state index contributed by atoms with van der Waals surface area (Å²) in [5.41, 5.74) is 0. The van der Waals surface area contributed by atoms with Crippen LogP contribution >= 0.6 is 0 Å². The van der Waals surface area contributed by atoms with Gasteiger partial charge in [0.25, 0.3) is 0 Å². The van der Waals surface area contributed by atoms with Gasteiger partial charge in [-0.25, -0.2) is 0 Å². The van der Waals surface area contributed by atoms with E-state index in [4.69, 9.17) is 0 Å². The fraction of sp³-hybridized carbons (Fsp3) is 1.00. The molecule has 1 aliphatic heterocycles. The first kappa shape index (κ1) is 9.47. The highest BCUT2D eigenvalue weighted by Gasteiger charge is 2.24. The molecule has 76 valence electrons. The number of rotatable bonds is 6. The molecule has 0 aromatic rings. The molecule has 0 aromatic carbocycles. The maximum absolute atomic E-state index is 3.34. The molecule has 2 fully saturated rings. The van der Waals surface area contributed by atoms with Crippen LogP contribution in [0.15, 0.2) is 0 Å².